The summed E-state index contributed by atoms with van der Waals surface area (Å²) in [6, 6.07) is 0.230. The molecule has 0 rings (SSSR count). The van der Waals surface area contributed by atoms with Gasteiger partial charge in [-0.1, -0.05) is 13.8 Å². The van der Waals surface area contributed by atoms with Gasteiger partial charge in [-0.3, -0.25) is 4.79 Å². The molecule has 4 heteroatoms. The fourth-order valence-electron chi connectivity index (χ4n) is 1.88. The molecule has 1 amide bonds. The van der Waals surface area contributed by atoms with Crippen molar-refractivity contribution in [3.05, 3.63) is 0 Å². The summed E-state index contributed by atoms with van der Waals surface area (Å²) in [5.41, 5.74) is 0. The zero-order chi connectivity index (χ0) is 12.4. The van der Waals surface area contributed by atoms with E-state index >= 15 is 0 Å². The quantitative estimate of drug-likeness (QED) is 0.585. The highest BCUT2D eigenvalue weighted by Crippen LogP contribution is 2.11. The van der Waals surface area contributed by atoms with Gasteiger partial charge in [0.1, 0.15) is 0 Å². The zero-order valence-corrected chi connectivity index (χ0v) is 10.5. The van der Waals surface area contributed by atoms with E-state index in [0.29, 0.717) is 19.4 Å². The molecule has 0 radical (unpaired) electrons. The summed E-state index contributed by atoms with van der Waals surface area (Å²) < 4.78 is 0. The van der Waals surface area contributed by atoms with Gasteiger partial charge in [-0.05, 0) is 25.7 Å². The molecule has 0 bridgehead atoms. The number of carbonyl (C=O) groups excluding carboxylic acids is 1. The second-order valence-corrected chi connectivity index (χ2v) is 3.96. The molecule has 0 fully saturated rings. The molecule has 0 aromatic heterocycles. The predicted octanol–water partition coefficient (Wildman–Crippen LogP) is 1.16. The number of aliphatic hydroxyl groups is 2. The Morgan fingerprint density at radius 3 is 2.19 bits per heavy atom. The van der Waals surface area contributed by atoms with Crippen LogP contribution in [0.25, 0.3) is 0 Å². The molecule has 0 aromatic carbocycles. The van der Waals surface area contributed by atoms with Crippen LogP contribution in [0.1, 0.15) is 46.0 Å². The highest BCUT2D eigenvalue weighted by Gasteiger charge is 2.19. The summed E-state index contributed by atoms with van der Waals surface area (Å²) in [6.07, 6.45) is 3.70. The first-order valence-corrected chi connectivity index (χ1v) is 6.22. The van der Waals surface area contributed by atoms with Crippen LogP contribution in [-0.4, -0.2) is 46.8 Å². The third kappa shape index (κ3) is 5.47. The van der Waals surface area contributed by atoms with Gasteiger partial charge in [0.15, 0.2) is 0 Å². The van der Waals surface area contributed by atoms with E-state index in [0.717, 1.165) is 19.3 Å². The summed E-state index contributed by atoms with van der Waals surface area (Å²) in [6.45, 7) is 4.68. The highest BCUT2D eigenvalue weighted by molar-refractivity contribution is 5.76. The van der Waals surface area contributed by atoms with Gasteiger partial charge in [0.05, 0.1) is 6.61 Å². The van der Waals surface area contributed by atoms with Crippen molar-refractivity contribution in [2.75, 3.05) is 19.8 Å². The van der Waals surface area contributed by atoms with Crippen LogP contribution in [0.4, 0.5) is 0 Å². The fraction of sp³-hybridized carbons (Fsp3) is 0.917. The molecule has 0 atom stereocenters. The van der Waals surface area contributed by atoms with Crippen molar-refractivity contribution >= 4 is 5.91 Å². The molecule has 0 aromatic rings. The first-order chi connectivity index (χ1) is 7.71. The van der Waals surface area contributed by atoms with Crippen molar-refractivity contribution in [1.29, 1.82) is 0 Å². The van der Waals surface area contributed by atoms with Crippen LogP contribution >= 0.6 is 0 Å². The lowest BCUT2D eigenvalue weighted by molar-refractivity contribution is -0.134. The Hall–Kier alpha value is -0.610. The summed E-state index contributed by atoms with van der Waals surface area (Å²) >= 11 is 0. The lowest BCUT2D eigenvalue weighted by Gasteiger charge is -2.30. The Labute approximate surface area is 98.3 Å². The molecule has 0 unspecified atom stereocenters. The van der Waals surface area contributed by atoms with Crippen LogP contribution in [0.2, 0.25) is 0 Å². The van der Waals surface area contributed by atoms with Gasteiger partial charge in [-0.2, -0.15) is 0 Å². The number of amides is 1. The van der Waals surface area contributed by atoms with Gasteiger partial charge in [0.2, 0.25) is 5.91 Å². The normalized spacial score (nSPS) is 10.8. The van der Waals surface area contributed by atoms with Crippen LogP contribution < -0.4 is 0 Å². The molecule has 2 N–H and O–H groups in total. The highest BCUT2D eigenvalue weighted by atomic mass is 16.3. The average molecular weight is 231 g/mol. The third-order valence-corrected chi connectivity index (χ3v) is 2.84. The molecule has 0 saturated heterocycles. The number of rotatable bonds is 9. The largest absolute Gasteiger partial charge is 0.396 e. The molecule has 0 heterocycles. The second kappa shape index (κ2) is 9.60. The van der Waals surface area contributed by atoms with Crippen LogP contribution in [0, 0.1) is 0 Å². The fourth-order valence-corrected chi connectivity index (χ4v) is 1.88. The maximum atomic E-state index is 11.9. The van der Waals surface area contributed by atoms with Gasteiger partial charge in [0, 0.05) is 25.6 Å². The Balaban J connectivity index is 4.21. The van der Waals surface area contributed by atoms with Gasteiger partial charge in [0.25, 0.3) is 0 Å². The van der Waals surface area contributed by atoms with E-state index in [-0.39, 0.29) is 25.2 Å². The number of aliphatic hydroxyl groups excluding tert-OH is 2. The molecule has 0 aliphatic rings. The molecule has 0 saturated carbocycles. The minimum atomic E-state index is 0.0161. The van der Waals surface area contributed by atoms with E-state index in [4.69, 9.17) is 10.2 Å². The topological polar surface area (TPSA) is 60.8 Å². The van der Waals surface area contributed by atoms with Crippen molar-refractivity contribution in [3.63, 3.8) is 0 Å². The van der Waals surface area contributed by atoms with E-state index < -0.39 is 0 Å². The summed E-state index contributed by atoms with van der Waals surface area (Å²) in [5, 5.41) is 17.6. The van der Waals surface area contributed by atoms with E-state index in [1.807, 2.05) is 0 Å². The lowest BCUT2D eigenvalue weighted by Crippen LogP contribution is -2.41. The van der Waals surface area contributed by atoms with Gasteiger partial charge < -0.3 is 15.1 Å². The van der Waals surface area contributed by atoms with E-state index in [1.54, 1.807) is 4.90 Å². The zero-order valence-electron chi connectivity index (χ0n) is 10.5. The first kappa shape index (κ1) is 15.4. The van der Waals surface area contributed by atoms with Gasteiger partial charge in [-0.25, -0.2) is 0 Å². The van der Waals surface area contributed by atoms with Crippen molar-refractivity contribution in [2.24, 2.45) is 0 Å². The number of carbonyl (C=O) groups is 1. The Morgan fingerprint density at radius 1 is 1.12 bits per heavy atom. The first-order valence-electron chi connectivity index (χ1n) is 6.22. The van der Waals surface area contributed by atoms with Crippen molar-refractivity contribution in [1.82, 2.24) is 4.90 Å². The van der Waals surface area contributed by atoms with E-state index in [1.165, 1.54) is 0 Å². The second-order valence-electron chi connectivity index (χ2n) is 3.96. The molecule has 0 aliphatic heterocycles. The average Bonchev–Trinajstić information content (AvgIpc) is 2.29. The SMILES string of the molecule is CCC(CC)N(CCO)C(=O)CCCCO. The van der Waals surface area contributed by atoms with Crippen LogP contribution in [0.15, 0.2) is 0 Å². The smallest absolute Gasteiger partial charge is 0.222 e. The molecule has 16 heavy (non-hydrogen) atoms. The molecule has 0 spiro atoms. The lowest BCUT2D eigenvalue weighted by atomic mass is 10.1. The van der Waals surface area contributed by atoms with E-state index in [9.17, 15) is 4.79 Å². The third-order valence-electron chi connectivity index (χ3n) is 2.84. The van der Waals surface area contributed by atoms with Crippen molar-refractivity contribution < 1.29 is 15.0 Å². The molecular formula is C12H25NO3. The van der Waals surface area contributed by atoms with Gasteiger partial charge >= 0.3 is 0 Å². The molecular weight excluding hydrogens is 206 g/mol. The number of unbranched alkanes of at least 4 members (excludes halogenated alkanes) is 1. The number of hydrogen-bond acceptors (Lipinski definition) is 3. The Bertz CT molecular complexity index is 181. The van der Waals surface area contributed by atoms with Crippen LogP contribution in [0.3, 0.4) is 0 Å². The summed E-state index contributed by atoms with van der Waals surface area (Å²) in [4.78, 5) is 13.7. The van der Waals surface area contributed by atoms with Crippen molar-refractivity contribution in [3.8, 4) is 0 Å². The molecule has 0 aliphatic carbocycles. The standard InChI is InChI=1S/C12H25NO3/c1-3-11(4-2)13(8-10-15)12(16)7-5-6-9-14/h11,14-15H,3-10H2,1-2H3. The Kier molecular flexibility index (Phi) is 9.24. The van der Waals surface area contributed by atoms with Crippen molar-refractivity contribution in [2.45, 2.75) is 52.0 Å². The monoisotopic (exact) mass is 231 g/mol. The maximum absolute atomic E-state index is 11.9. The summed E-state index contributed by atoms with van der Waals surface area (Å²) in [5.74, 6) is 0.0937. The van der Waals surface area contributed by atoms with Crippen LogP contribution in [0.5, 0.6) is 0 Å². The minimum Gasteiger partial charge on any atom is -0.396 e. The minimum absolute atomic E-state index is 0.0161. The van der Waals surface area contributed by atoms with Gasteiger partial charge in [-0.15, -0.1) is 0 Å². The number of nitrogens with zero attached hydrogens (tertiary/aromatic N) is 1. The van der Waals surface area contributed by atoms with E-state index in [2.05, 4.69) is 13.8 Å². The Morgan fingerprint density at radius 2 is 1.75 bits per heavy atom. The maximum Gasteiger partial charge on any atom is 0.222 e. The van der Waals surface area contributed by atoms with Crippen LogP contribution in [-0.2, 0) is 4.79 Å². The molecule has 4 nitrogen and oxygen atoms in total. The number of hydrogen-bond donors (Lipinski definition) is 2. The molecule has 96 valence electrons. The predicted molar refractivity (Wildman–Crippen MR) is 64.1 cm³/mol. The summed E-state index contributed by atoms with van der Waals surface area (Å²) in [7, 11) is 0.